The molecule has 0 fully saturated rings. The summed E-state index contributed by atoms with van der Waals surface area (Å²) in [6, 6.07) is 4.28. The van der Waals surface area contributed by atoms with Gasteiger partial charge in [-0.1, -0.05) is 6.08 Å². The summed E-state index contributed by atoms with van der Waals surface area (Å²) in [6.07, 6.45) is 3.34. The molecule has 4 heteroatoms. The molecule has 0 aliphatic heterocycles. The molecule has 0 amide bonds. The van der Waals surface area contributed by atoms with Crippen molar-refractivity contribution >= 4 is 15.9 Å². The number of ether oxygens (including phenoxy) is 1. The van der Waals surface area contributed by atoms with Crippen molar-refractivity contribution < 1.29 is 14.2 Å². The third-order valence-corrected chi connectivity index (χ3v) is 2.85. The number of aliphatic hydroxyl groups excluding tert-OH is 1. The Morgan fingerprint density at radius 3 is 2.87 bits per heavy atom. The fraction of sp³-hybridized carbons (Fsp3) is 0.273. The molecule has 0 aromatic heterocycles. The first-order valence-corrected chi connectivity index (χ1v) is 5.42. The van der Waals surface area contributed by atoms with Crippen molar-refractivity contribution in [2.45, 2.75) is 18.6 Å². The molecule has 2 nitrogen and oxygen atoms in total. The smallest absolute Gasteiger partial charge is 0.137 e. The van der Waals surface area contributed by atoms with Gasteiger partial charge in [0.1, 0.15) is 17.7 Å². The lowest BCUT2D eigenvalue weighted by molar-refractivity contribution is 0.164. The van der Waals surface area contributed by atoms with Gasteiger partial charge < -0.3 is 9.84 Å². The monoisotopic (exact) mass is 272 g/mol. The molecule has 2 atom stereocenters. The zero-order valence-corrected chi connectivity index (χ0v) is 9.45. The van der Waals surface area contributed by atoms with Crippen LogP contribution in [0.4, 0.5) is 4.39 Å². The van der Waals surface area contributed by atoms with Crippen LogP contribution in [0.25, 0.3) is 0 Å². The van der Waals surface area contributed by atoms with Crippen LogP contribution < -0.4 is 4.74 Å². The Morgan fingerprint density at radius 1 is 1.40 bits per heavy atom. The average molecular weight is 273 g/mol. The Bertz CT molecular complexity index is 392. The summed E-state index contributed by atoms with van der Waals surface area (Å²) in [5.41, 5.74) is 0. The number of hydrogen-bond donors (Lipinski definition) is 1. The van der Waals surface area contributed by atoms with Gasteiger partial charge in [-0.05, 0) is 34.1 Å². The lowest BCUT2D eigenvalue weighted by atomic mass is 10.2. The van der Waals surface area contributed by atoms with Crippen LogP contribution >= 0.6 is 15.9 Å². The molecule has 1 aromatic rings. The molecule has 1 N–H and O–H groups in total. The Hall–Kier alpha value is -0.870. The number of rotatable bonds is 2. The van der Waals surface area contributed by atoms with E-state index in [1.165, 1.54) is 12.1 Å². The van der Waals surface area contributed by atoms with E-state index in [9.17, 15) is 9.50 Å². The average Bonchev–Trinajstić information content (AvgIpc) is 2.58. The normalized spacial score (nSPS) is 24.5. The summed E-state index contributed by atoms with van der Waals surface area (Å²) in [5, 5.41) is 9.25. The van der Waals surface area contributed by atoms with Crippen LogP contribution in [0.1, 0.15) is 6.42 Å². The van der Waals surface area contributed by atoms with Gasteiger partial charge in [-0.25, -0.2) is 4.39 Å². The summed E-state index contributed by atoms with van der Waals surface area (Å²) >= 11 is 3.27. The van der Waals surface area contributed by atoms with E-state index in [1.54, 1.807) is 18.2 Å². The van der Waals surface area contributed by atoms with Crippen molar-refractivity contribution in [1.82, 2.24) is 0 Å². The van der Waals surface area contributed by atoms with Crippen molar-refractivity contribution in [3.63, 3.8) is 0 Å². The van der Waals surface area contributed by atoms with E-state index >= 15 is 0 Å². The van der Waals surface area contributed by atoms with Crippen LogP contribution in [0.3, 0.4) is 0 Å². The fourth-order valence-electron chi connectivity index (χ4n) is 1.47. The fourth-order valence-corrected chi connectivity index (χ4v) is 1.81. The molecule has 1 aliphatic carbocycles. The lowest BCUT2D eigenvalue weighted by Gasteiger charge is -2.13. The van der Waals surface area contributed by atoms with Gasteiger partial charge in [0, 0.05) is 12.5 Å². The molecule has 1 aromatic carbocycles. The molecule has 0 saturated heterocycles. The molecule has 15 heavy (non-hydrogen) atoms. The highest BCUT2D eigenvalue weighted by Crippen LogP contribution is 2.28. The molecule has 1 aliphatic rings. The first-order valence-electron chi connectivity index (χ1n) is 4.63. The number of halogens is 2. The highest BCUT2D eigenvalue weighted by Gasteiger charge is 2.18. The van der Waals surface area contributed by atoms with E-state index in [1.807, 2.05) is 0 Å². The summed E-state index contributed by atoms with van der Waals surface area (Å²) in [6.45, 7) is 0. The van der Waals surface area contributed by atoms with Crippen LogP contribution in [0.5, 0.6) is 5.75 Å². The van der Waals surface area contributed by atoms with E-state index in [2.05, 4.69) is 15.9 Å². The second-order valence-electron chi connectivity index (χ2n) is 3.42. The van der Waals surface area contributed by atoms with Crippen LogP contribution in [-0.4, -0.2) is 17.3 Å². The molecule has 0 bridgehead atoms. The van der Waals surface area contributed by atoms with E-state index in [4.69, 9.17) is 4.74 Å². The van der Waals surface area contributed by atoms with Gasteiger partial charge >= 0.3 is 0 Å². The second kappa shape index (κ2) is 4.33. The molecule has 0 saturated carbocycles. The number of aliphatic hydroxyl groups is 1. The van der Waals surface area contributed by atoms with Crippen LogP contribution in [-0.2, 0) is 0 Å². The summed E-state index contributed by atoms with van der Waals surface area (Å²) in [4.78, 5) is 0. The summed E-state index contributed by atoms with van der Waals surface area (Å²) in [7, 11) is 0. The Kier molecular flexibility index (Phi) is 3.07. The van der Waals surface area contributed by atoms with Gasteiger partial charge in [-0.2, -0.15) is 0 Å². The molecule has 0 heterocycles. The van der Waals surface area contributed by atoms with Crippen LogP contribution in [0.15, 0.2) is 34.8 Å². The van der Waals surface area contributed by atoms with Gasteiger partial charge in [0.15, 0.2) is 0 Å². The van der Waals surface area contributed by atoms with Crippen molar-refractivity contribution in [1.29, 1.82) is 0 Å². The van der Waals surface area contributed by atoms with Gasteiger partial charge in [0.05, 0.1) is 10.6 Å². The topological polar surface area (TPSA) is 29.5 Å². The molecule has 2 unspecified atom stereocenters. The molecule has 0 radical (unpaired) electrons. The largest absolute Gasteiger partial charge is 0.485 e. The van der Waals surface area contributed by atoms with Crippen molar-refractivity contribution in [3.05, 3.63) is 40.6 Å². The molecule has 2 rings (SSSR count). The molecule has 0 spiro atoms. The van der Waals surface area contributed by atoms with Crippen LogP contribution in [0.2, 0.25) is 0 Å². The highest BCUT2D eigenvalue weighted by atomic mass is 79.9. The van der Waals surface area contributed by atoms with E-state index in [0.717, 1.165) is 0 Å². The maximum absolute atomic E-state index is 12.9. The second-order valence-corrected chi connectivity index (χ2v) is 4.27. The zero-order valence-electron chi connectivity index (χ0n) is 7.86. The minimum Gasteiger partial charge on any atom is -0.485 e. The van der Waals surface area contributed by atoms with Crippen molar-refractivity contribution in [3.8, 4) is 5.75 Å². The third kappa shape index (κ3) is 2.58. The van der Waals surface area contributed by atoms with Crippen molar-refractivity contribution in [2.75, 3.05) is 0 Å². The zero-order chi connectivity index (χ0) is 10.8. The van der Waals surface area contributed by atoms with Gasteiger partial charge in [-0.3, -0.25) is 0 Å². The quantitative estimate of drug-likeness (QED) is 0.839. The summed E-state index contributed by atoms with van der Waals surface area (Å²) in [5.74, 6) is 0.120. The minimum atomic E-state index is -0.456. The highest BCUT2D eigenvalue weighted by molar-refractivity contribution is 9.10. The SMILES string of the molecule is OC1C=CC(Oc2cc(F)ccc2Br)C1. The van der Waals surface area contributed by atoms with Gasteiger partial charge in [0.25, 0.3) is 0 Å². The van der Waals surface area contributed by atoms with Crippen LogP contribution in [0, 0.1) is 5.82 Å². The van der Waals surface area contributed by atoms with E-state index in [-0.39, 0.29) is 11.9 Å². The first kappa shape index (κ1) is 10.6. The minimum absolute atomic E-state index is 0.182. The summed E-state index contributed by atoms with van der Waals surface area (Å²) < 4.78 is 19.2. The Balaban J connectivity index is 2.11. The predicted molar refractivity (Wildman–Crippen MR) is 58.3 cm³/mol. The molecular formula is C11H10BrFO2. The number of benzene rings is 1. The Morgan fingerprint density at radius 2 is 2.20 bits per heavy atom. The van der Waals surface area contributed by atoms with E-state index in [0.29, 0.717) is 16.6 Å². The lowest BCUT2D eigenvalue weighted by Crippen LogP contribution is -2.14. The Labute approximate surface area is 95.5 Å². The maximum Gasteiger partial charge on any atom is 0.137 e. The van der Waals surface area contributed by atoms with Gasteiger partial charge in [-0.15, -0.1) is 0 Å². The first-order chi connectivity index (χ1) is 7.15. The third-order valence-electron chi connectivity index (χ3n) is 2.19. The maximum atomic E-state index is 12.9. The molecule has 80 valence electrons. The molecular weight excluding hydrogens is 263 g/mol. The number of hydrogen-bond acceptors (Lipinski definition) is 2. The van der Waals surface area contributed by atoms with Gasteiger partial charge in [0.2, 0.25) is 0 Å². The van der Waals surface area contributed by atoms with E-state index < -0.39 is 6.10 Å². The van der Waals surface area contributed by atoms with Crippen molar-refractivity contribution in [2.24, 2.45) is 0 Å². The predicted octanol–water partition coefficient (Wildman–Crippen LogP) is 2.66. The standard InChI is InChI=1S/C11H10BrFO2/c12-10-4-1-7(13)5-11(10)15-9-3-2-8(14)6-9/h1-5,8-9,14H,6H2.